The lowest BCUT2D eigenvalue weighted by molar-refractivity contribution is -0.144. The summed E-state index contributed by atoms with van der Waals surface area (Å²) in [6, 6.07) is 3.90. The van der Waals surface area contributed by atoms with Crippen molar-refractivity contribution in [1.29, 1.82) is 5.26 Å². The molecule has 30 heavy (non-hydrogen) atoms. The zero-order valence-electron chi connectivity index (χ0n) is 18.7. The van der Waals surface area contributed by atoms with Crippen LogP contribution >= 0.6 is 0 Å². The highest BCUT2D eigenvalue weighted by Crippen LogP contribution is 2.29. The van der Waals surface area contributed by atoms with Gasteiger partial charge >= 0.3 is 5.97 Å². The van der Waals surface area contributed by atoms with E-state index in [0.717, 1.165) is 29.8 Å². The molecule has 0 aliphatic heterocycles. The van der Waals surface area contributed by atoms with Crippen LogP contribution in [0.5, 0.6) is 0 Å². The van der Waals surface area contributed by atoms with Crippen LogP contribution in [0.4, 0.5) is 0 Å². The monoisotopic (exact) mass is 415 g/mol. The predicted octanol–water partition coefficient (Wildman–Crippen LogP) is 3.14. The van der Waals surface area contributed by atoms with E-state index in [9.17, 15) is 14.9 Å². The number of carbonyl (C=O) groups is 2. The number of hydrogen-bond acceptors (Lipinski definition) is 5. The fourth-order valence-corrected chi connectivity index (χ4v) is 4.04. The lowest BCUT2D eigenvalue weighted by atomic mass is 9.78. The molecule has 3 unspecified atom stereocenters. The Morgan fingerprint density at radius 1 is 1.33 bits per heavy atom. The van der Waals surface area contributed by atoms with Crippen LogP contribution in [0.15, 0.2) is 11.6 Å². The molecule has 1 saturated carbocycles. The lowest BCUT2D eigenvalue weighted by Crippen LogP contribution is -2.45. The first kappa shape index (κ1) is 23.7. The van der Waals surface area contributed by atoms with Crippen LogP contribution in [0.1, 0.15) is 50.1 Å². The van der Waals surface area contributed by atoms with Crippen molar-refractivity contribution < 1.29 is 19.1 Å². The maximum Gasteiger partial charge on any atom is 0.349 e. The third kappa shape index (κ3) is 5.96. The minimum atomic E-state index is -0.792. The van der Waals surface area contributed by atoms with Crippen molar-refractivity contribution in [3.05, 3.63) is 28.6 Å². The first-order valence-electron chi connectivity index (χ1n) is 10.5. The highest BCUT2D eigenvalue weighted by molar-refractivity contribution is 5.99. The van der Waals surface area contributed by atoms with E-state index in [1.807, 2.05) is 26.0 Å². The molecule has 3 atom stereocenters. The highest BCUT2D eigenvalue weighted by atomic mass is 16.5. The summed E-state index contributed by atoms with van der Waals surface area (Å²) in [7, 11) is 1.64. The summed E-state index contributed by atoms with van der Waals surface area (Å²) in [5, 5.41) is 12.4. The van der Waals surface area contributed by atoms with Gasteiger partial charge in [-0.1, -0.05) is 26.7 Å². The van der Waals surface area contributed by atoms with E-state index in [1.165, 1.54) is 12.5 Å². The van der Waals surface area contributed by atoms with Crippen molar-refractivity contribution in [2.24, 2.45) is 11.8 Å². The summed E-state index contributed by atoms with van der Waals surface area (Å²) >= 11 is 0. The number of ether oxygens (including phenoxy) is 2. The SMILES string of the molecule is COCCn1c(C)cc(/C=C(\C#N)C(=O)OCC(=O)NC2CCCC(C)C2C)c1C. The van der Waals surface area contributed by atoms with Crippen molar-refractivity contribution >= 4 is 18.0 Å². The molecule has 1 aliphatic carbocycles. The van der Waals surface area contributed by atoms with Crippen LogP contribution in [-0.2, 0) is 25.6 Å². The number of nitriles is 1. The Labute approximate surface area is 179 Å². The number of hydrogen-bond donors (Lipinski definition) is 1. The maximum atomic E-state index is 12.3. The summed E-state index contributed by atoms with van der Waals surface area (Å²) in [5.41, 5.74) is 2.58. The third-order valence-electron chi connectivity index (χ3n) is 6.16. The van der Waals surface area contributed by atoms with Gasteiger partial charge in [-0.15, -0.1) is 0 Å². The van der Waals surface area contributed by atoms with Crippen LogP contribution in [-0.4, -0.2) is 42.8 Å². The molecule has 1 aromatic heterocycles. The predicted molar refractivity (Wildman–Crippen MR) is 114 cm³/mol. The normalized spacial score (nSPS) is 21.7. The number of esters is 1. The summed E-state index contributed by atoms with van der Waals surface area (Å²) in [5.74, 6) is -0.173. The van der Waals surface area contributed by atoms with Crippen molar-refractivity contribution in [1.82, 2.24) is 9.88 Å². The highest BCUT2D eigenvalue weighted by Gasteiger charge is 2.28. The Bertz CT molecular complexity index is 834. The third-order valence-corrected chi connectivity index (χ3v) is 6.16. The molecular formula is C23H33N3O4. The van der Waals surface area contributed by atoms with Gasteiger partial charge in [0, 0.05) is 31.1 Å². The molecule has 1 N–H and O–H groups in total. The Kier molecular flexibility index (Phi) is 8.67. The average molecular weight is 416 g/mol. The van der Waals surface area contributed by atoms with E-state index >= 15 is 0 Å². The van der Waals surface area contributed by atoms with E-state index in [0.29, 0.717) is 25.0 Å². The Morgan fingerprint density at radius 2 is 2.07 bits per heavy atom. The van der Waals surface area contributed by atoms with E-state index in [1.54, 1.807) is 7.11 Å². The summed E-state index contributed by atoms with van der Waals surface area (Å²) in [6.45, 7) is 9.09. The fraction of sp³-hybridized carbons (Fsp3) is 0.609. The van der Waals surface area contributed by atoms with Gasteiger partial charge in [0.1, 0.15) is 11.6 Å². The minimum absolute atomic E-state index is 0.100. The zero-order valence-corrected chi connectivity index (χ0v) is 18.7. The standard InChI is InChI=1S/C23H33N3O4/c1-15-7-6-8-21(17(15)3)25-22(27)14-30-23(28)20(13-24)12-19-11-16(2)26(18(19)4)9-10-29-5/h11-12,15,17,21H,6-10,14H2,1-5H3,(H,25,27)/b20-12+. The largest absolute Gasteiger partial charge is 0.451 e. The average Bonchev–Trinajstić information content (AvgIpc) is 2.98. The van der Waals surface area contributed by atoms with E-state index in [4.69, 9.17) is 9.47 Å². The van der Waals surface area contributed by atoms with Gasteiger partial charge in [-0.05, 0) is 49.8 Å². The zero-order chi connectivity index (χ0) is 22.3. The van der Waals surface area contributed by atoms with Gasteiger partial charge in [0.15, 0.2) is 6.61 Å². The minimum Gasteiger partial charge on any atom is -0.451 e. The molecule has 7 heteroatoms. The number of aryl methyl sites for hydroxylation is 1. The summed E-state index contributed by atoms with van der Waals surface area (Å²) in [4.78, 5) is 24.6. The van der Waals surface area contributed by atoms with Crippen LogP contribution in [0.25, 0.3) is 6.08 Å². The van der Waals surface area contributed by atoms with Gasteiger partial charge in [-0.25, -0.2) is 4.79 Å². The van der Waals surface area contributed by atoms with Gasteiger partial charge in [0.25, 0.3) is 5.91 Å². The van der Waals surface area contributed by atoms with Crippen molar-refractivity contribution in [3.63, 3.8) is 0 Å². The first-order valence-corrected chi connectivity index (χ1v) is 10.5. The Morgan fingerprint density at radius 3 is 2.73 bits per heavy atom. The molecule has 0 aromatic carbocycles. The van der Waals surface area contributed by atoms with Crippen LogP contribution in [0.2, 0.25) is 0 Å². The van der Waals surface area contributed by atoms with Gasteiger partial charge in [-0.3, -0.25) is 4.79 Å². The van der Waals surface area contributed by atoms with Crippen molar-refractivity contribution in [2.75, 3.05) is 20.3 Å². The second kappa shape index (κ2) is 11.0. The quantitative estimate of drug-likeness (QED) is 0.400. The topological polar surface area (TPSA) is 93.3 Å². The molecule has 1 aliphatic rings. The molecule has 1 aromatic rings. The molecule has 0 spiro atoms. The molecule has 0 bridgehead atoms. The van der Waals surface area contributed by atoms with Crippen molar-refractivity contribution in [3.8, 4) is 6.07 Å². The second-order valence-electron chi connectivity index (χ2n) is 8.16. The number of aromatic nitrogens is 1. The number of methoxy groups -OCH3 is 1. The lowest BCUT2D eigenvalue weighted by Gasteiger charge is -2.34. The van der Waals surface area contributed by atoms with Crippen molar-refractivity contribution in [2.45, 2.75) is 59.5 Å². The van der Waals surface area contributed by atoms with E-state index in [2.05, 4.69) is 23.7 Å². The number of carbonyl (C=O) groups excluding carboxylic acids is 2. The number of amides is 1. The molecule has 1 amide bonds. The number of nitrogens with one attached hydrogen (secondary N) is 1. The molecule has 0 radical (unpaired) electrons. The van der Waals surface area contributed by atoms with Gasteiger partial charge in [-0.2, -0.15) is 5.26 Å². The fourth-order valence-electron chi connectivity index (χ4n) is 4.04. The Balaban J connectivity index is 1.98. The Hall–Kier alpha value is -2.59. The summed E-state index contributed by atoms with van der Waals surface area (Å²) in [6.07, 6.45) is 4.70. The van der Waals surface area contributed by atoms with Gasteiger partial charge in [0.05, 0.1) is 6.61 Å². The molecule has 164 valence electrons. The molecule has 0 saturated heterocycles. The van der Waals surface area contributed by atoms with Crippen LogP contribution in [0.3, 0.4) is 0 Å². The molecule has 1 fully saturated rings. The van der Waals surface area contributed by atoms with E-state index in [-0.39, 0.29) is 24.1 Å². The number of nitrogens with zero attached hydrogens (tertiary/aromatic N) is 2. The smallest absolute Gasteiger partial charge is 0.349 e. The molecule has 2 rings (SSSR count). The summed E-state index contributed by atoms with van der Waals surface area (Å²) < 4.78 is 12.3. The van der Waals surface area contributed by atoms with Gasteiger partial charge < -0.3 is 19.4 Å². The molecular weight excluding hydrogens is 382 g/mol. The molecule has 7 nitrogen and oxygen atoms in total. The maximum absolute atomic E-state index is 12.3. The van der Waals surface area contributed by atoms with E-state index < -0.39 is 5.97 Å². The van der Waals surface area contributed by atoms with Crippen LogP contribution < -0.4 is 5.32 Å². The van der Waals surface area contributed by atoms with Gasteiger partial charge in [0.2, 0.25) is 0 Å². The first-order chi connectivity index (χ1) is 14.3. The number of rotatable bonds is 8. The van der Waals surface area contributed by atoms with Crippen LogP contribution in [0, 0.1) is 37.0 Å². The molecule has 1 heterocycles. The second-order valence-corrected chi connectivity index (χ2v) is 8.16.